The highest BCUT2D eigenvalue weighted by atomic mass is 35.5. The van der Waals surface area contributed by atoms with E-state index < -0.39 is 22.7 Å². The number of nitrogens with one attached hydrogen (secondary N) is 1. The summed E-state index contributed by atoms with van der Waals surface area (Å²) in [7, 11) is 0. The summed E-state index contributed by atoms with van der Waals surface area (Å²) < 4.78 is 39.5. The Balaban J connectivity index is 1.65. The average molecular weight is 430 g/mol. The van der Waals surface area contributed by atoms with Crippen LogP contribution >= 0.6 is 11.6 Å². The molecular formula is C17H15ClF3N5O3. The number of hydrogen-bond acceptors (Lipinski definition) is 5. The maximum absolute atomic E-state index is 13.2. The van der Waals surface area contributed by atoms with Crippen LogP contribution in [0.5, 0.6) is 0 Å². The van der Waals surface area contributed by atoms with Gasteiger partial charge in [-0.15, -0.1) is 0 Å². The van der Waals surface area contributed by atoms with Crippen LogP contribution in [0.25, 0.3) is 0 Å². The summed E-state index contributed by atoms with van der Waals surface area (Å²) in [6.07, 6.45) is -3.24. The molecule has 0 spiro atoms. The third-order valence-electron chi connectivity index (χ3n) is 4.35. The molecule has 2 heterocycles. The van der Waals surface area contributed by atoms with Gasteiger partial charge in [0.25, 0.3) is 5.69 Å². The zero-order chi connectivity index (χ0) is 21.2. The molecule has 1 N–H and O–H groups in total. The Morgan fingerprint density at radius 2 is 1.90 bits per heavy atom. The van der Waals surface area contributed by atoms with Crippen LogP contribution in [0.3, 0.4) is 0 Å². The van der Waals surface area contributed by atoms with Crippen LogP contribution in [0, 0.1) is 10.1 Å². The van der Waals surface area contributed by atoms with Crippen molar-refractivity contribution < 1.29 is 22.9 Å². The fraction of sp³-hybridized carbons (Fsp3) is 0.294. The standard InChI is InChI=1S/C17H15ClF3N5O3/c18-13-4-3-11(10-14(13)26(28)29)23-16(27)25-8-6-24(7-9-25)15-12(17(19,20)21)2-1-5-22-15/h1-5,10H,6-9H2,(H,23,27). The summed E-state index contributed by atoms with van der Waals surface area (Å²) in [5.41, 5.74) is -0.979. The molecule has 0 aliphatic carbocycles. The Bertz CT molecular complexity index is 933. The van der Waals surface area contributed by atoms with Crippen molar-refractivity contribution in [2.24, 2.45) is 0 Å². The van der Waals surface area contributed by atoms with Crippen LogP contribution in [0.1, 0.15) is 5.56 Å². The number of piperazine rings is 1. The molecule has 0 unspecified atom stereocenters. The summed E-state index contributed by atoms with van der Waals surface area (Å²) in [6.45, 7) is 0.646. The Hall–Kier alpha value is -3.08. The minimum atomic E-state index is -4.53. The number of amides is 2. The molecule has 1 aliphatic rings. The first kappa shape index (κ1) is 20.6. The quantitative estimate of drug-likeness (QED) is 0.588. The van der Waals surface area contributed by atoms with Crippen LogP contribution < -0.4 is 10.2 Å². The lowest BCUT2D eigenvalue weighted by Crippen LogP contribution is -2.50. The number of rotatable bonds is 3. The normalized spacial score (nSPS) is 14.6. The monoisotopic (exact) mass is 429 g/mol. The first-order chi connectivity index (χ1) is 13.7. The largest absolute Gasteiger partial charge is 0.419 e. The summed E-state index contributed by atoms with van der Waals surface area (Å²) in [4.78, 5) is 29.4. The maximum Gasteiger partial charge on any atom is 0.419 e. The van der Waals surface area contributed by atoms with Gasteiger partial charge in [0, 0.05) is 44.1 Å². The highest BCUT2D eigenvalue weighted by Crippen LogP contribution is 2.35. The van der Waals surface area contributed by atoms with Crippen LogP contribution in [0.15, 0.2) is 36.5 Å². The van der Waals surface area contributed by atoms with E-state index in [1.54, 1.807) is 0 Å². The number of carbonyl (C=O) groups excluding carboxylic acids is 1. The Morgan fingerprint density at radius 1 is 1.21 bits per heavy atom. The van der Waals surface area contributed by atoms with Gasteiger partial charge in [0.05, 0.1) is 10.5 Å². The van der Waals surface area contributed by atoms with Gasteiger partial charge < -0.3 is 15.1 Å². The van der Waals surface area contributed by atoms with Gasteiger partial charge >= 0.3 is 12.2 Å². The molecule has 2 aromatic rings. The number of benzene rings is 1. The van der Waals surface area contributed by atoms with Gasteiger partial charge in [0.2, 0.25) is 0 Å². The molecule has 0 bridgehead atoms. The second-order valence-corrected chi connectivity index (χ2v) is 6.61. The molecule has 1 aromatic carbocycles. The molecule has 1 fully saturated rings. The molecule has 12 heteroatoms. The van der Waals surface area contributed by atoms with Gasteiger partial charge in [-0.3, -0.25) is 10.1 Å². The van der Waals surface area contributed by atoms with Crippen molar-refractivity contribution in [1.29, 1.82) is 0 Å². The zero-order valence-corrected chi connectivity index (χ0v) is 15.6. The van der Waals surface area contributed by atoms with E-state index in [-0.39, 0.29) is 48.4 Å². The number of pyridine rings is 1. The Kier molecular flexibility index (Phi) is 5.78. The second kappa shape index (κ2) is 8.11. The van der Waals surface area contributed by atoms with Crippen LogP contribution in [-0.2, 0) is 6.18 Å². The highest BCUT2D eigenvalue weighted by Gasteiger charge is 2.36. The van der Waals surface area contributed by atoms with E-state index in [4.69, 9.17) is 11.6 Å². The van der Waals surface area contributed by atoms with E-state index in [1.807, 2.05) is 0 Å². The third kappa shape index (κ3) is 4.67. The first-order valence-corrected chi connectivity index (χ1v) is 8.81. The second-order valence-electron chi connectivity index (χ2n) is 6.20. The number of anilines is 2. The number of nitro benzene ring substituents is 1. The van der Waals surface area contributed by atoms with Crippen molar-refractivity contribution in [2.75, 3.05) is 36.4 Å². The van der Waals surface area contributed by atoms with Crippen LogP contribution in [0.2, 0.25) is 5.02 Å². The summed E-state index contributed by atoms with van der Waals surface area (Å²) in [6, 6.07) is 5.54. The fourth-order valence-electron chi connectivity index (χ4n) is 2.92. The summed E-state index contributed by atoms with van der Waals surface area (Å²) in [5.74, 6) is -0.173. The van der Waals surface area contributed by atoms with Gasteiger partial charge in [-0.2, -0.15) is 13.2 Å². The van der Waals surface area contributed by atoms with Gasteiger partial charge in [-0.25, -0.2) is 9.78 Å². The molecular weight excluding hydrogens is 415 g/mol. The van der Waals surface area contributed by atoms with Gasteiger partial charge in [-0.05, 0) is 24.3 Å². The Labute approximate surface area is 168 Å². The molecule has 1 aromatic heterocycles. The van der Waals surface area contributed by atoms with Crippen molar-refractivity contribution in [2.45, 2.75) is 6.18 Å². The van der Waals surface area contributed by atoms with Gasteiger partial charge in [0.15, 0.2) is 0 Å². The molecule has 2 amide bonds. The maximum atomic E-state index is 13.2. The minimum absolute atomic E-state index is 0.0579. The van der Waals surface area contributed by atoms with Crippen molar-refractivity contribution in [3.05, 3.63) is 57.2 Å². The third-order valence-corrected chi connectivity index (χ3v) is 4.67. The van der Waals surface area contributed by atoms with Gasteiger partial charge in [0.1, 0.15) is 10.8 Å². The smallest absolute Gasteiger partial charge is 0.353 e. The van der Waals surface area contributed by atoms with Crippen molar-refractivity contribution in [3.63, 3.8) is 0 Å². The molecule has 3 rings (SSSR count). The number of alkyl halides is 3. The first-order valence-electron chi connectivity index (χ1n) is 8.44. The fourth-order valence-corrected chi connectivity index (χ4v) is 3.11. The molecule has 8 nitrogen and oxygen atoms in total. The molecule has 1 saturated heterocycles. The summed E-state index contributed by atoms with van der Waals surface area (Å²) in [5, 5.41) is 13.4. The van der Waals surface area contributed by atoms with Crippen molar-refractivity contribution >= 4 is 34.8 Å². The molecule has 0 radical (unpaired) electrons. The predicted molar refractivity (Wildman–Crippen MR) is 100 cm³/mol. The van der Waals surface area contributed by atoms with Crippen LogP contribution in [-0.4, -0.2) is 47.0 Å². The van der Waals surface area contributed by atoms with Crippen LogP contribution in [0.4, 0.5) is 35.2 Å². The summed E-state index contributed by atoms with van der Waals surface area (Å²) >= 11 is 5.74. The average Bonchev–Trinajstić information content (AvgIpc) is 2.68. The molecule has 1 aliphatic heterocycles. The lowest BCUT2D eigenvalue weighted by atomic mass is 10.2. The number of carbonyl (C=O) groups is 1. The molecule has 154 valence electrons. The lowest BCUT2D eigenvalue weighted by molar-refractivity contribution is -0.384. The minimum Gasteiger partial charge on any atom is -0.353 e. The Morgan fingerprint density at radius 3 is 2.52 bits per heavy atom. The van der Waals surface area contributed by atoms with Crippen molar-refractivity contribution in [1.82, 2.24) is 9.88 Å². The van der Waals surface area contributed by atoms with E-state index >= 15 is 0 Å². The topological polar surface area (TPSA) is 91.6 Å². The van der Waals surface area contributed by atoms with E-state index in [1.165, 1.54) is 34.2 Å². The highest BCUT2D eigenvalue weighted by molar-refractivity contribution is 6.32. The predicted octanol–water partition coefficient (Wildman–Crippen LogP) is 4.02. The van der Waals surface area contributed by atoms with Crippen molar-refractivity contribution in [3.8, 4) is 0 Å². The van der Waals surface area contributed by atoms with E-state index in [2.05, 4.69) is 10.3 Å². The lowest BCUT2D eigenvalue weighted by Gasteiger charge is -2.36. The molecule has 0 atom stereocenters. The number of hydrogen-bond donors (Lipinski definition) is 1. The number of nitro groups is 1. The van der Waals surface area contributed by atoms with E-state index in [0.717, 1.165) is 12.1 Å². The number of urea groups is 1. The number of aromatic nitrogens is 1. The van der Waals surface area contributed by atoms with E-state index in [9.17, 15) is 28.1 Å². The SMILES string of the molecule is O=C(Nc1ccc(Cl)c([N+](=O)[O-])c1)N1CCN(c2ncccc2C(F)(F)F)CC1. The zero-order valence-electron chi connectivity index (χ0n) is 14.8. The van der Waals surface area contributed by atoms with E-state index in [0.29, 0.717) is 0 Å². The molecule has 29 heavy (non-hydrogen) atoms. The number of halogens is 4. The van der Waals surface area contributed by atoms with Gasteiger partial charge in [-0.1, -0.05) is 11.6 Å². The molecule has 0 saturated carbocycles. The number of nitrogens with zero attached hydrogens (tertiary/aromatic N) is 4.